The van der Waals surface area contributed by atoms with Crippen molar-refractivity contribution in [2.24, 2.45) is 0 Å². The van der Waals surface area contributed by atoms with Gasteiger partial charge in [-0.15, -0.1) is 11.3 Å². The molecule has 0 bridgehead atoms. The molecule has 0 aromatic carbocycles. The molecule has 0 unspecified atom stereocenters. The Hall–Kier alpha value is -2.28. The molecule has 1 N–H and O–H groups in total. The second-order valence-corrected chi connectivity index (χ2v) is 4.73. The lowest BCUT2D eigenvalue weighted by atomic mass is 10.2. The topological polar surface area (TPSA) is 80.9 Å². The fraction of sp³-hybridized carbons (Fsp3) is 0.167. The van der Waals surface area contributed by atoms with E-state index in [1.54, 1.807) is 10.9 Å². The summed E-state index contributed by atoms with van der Waals surface area (Å²) in [5.41, 5.74) is 3.37. The number of nitrogens with zero attached hydrogens (tertiary/aromatic N) is 3. The minimum absolute atomic E-state index is 0.292. The lowest BCUT2D eigenvalue weighted by Gasteiger charge is -2.03. The number of aromatic nitrogens is 3. The molecule has 0 saturated carbocycles. The summed E-state index contributed by atoms with van der Waals surface area (Å²) in [6.45, 7) is 3.76. The van der Waals surface area contributed by atoms with Crippen molar-refractivity contribution in [3.05, 3.63) is 34.2 Å². The standard InChI is InChI=1S/C12H10N4O2S/c1-6-7(2)18-12-9(6)10(13-4-14-12)16-11(17)8-3-19-5-15-8/h3-5H,1-2H3,(H,13,14,16,17). The molecule has 0 radical (unpaired) electrons. The summed E-state index contributed by atoms with van der Waals surface area (Å²) in [6.07, 6.45) is 1.36. The number of carbonyl (C=O) groups excluding carboxylic acids is 1. The maximum atomic E-state index is 12.0. The van der Waals surface area contributed by atoms with Crippen molar-refractivity contribution in [2.45, 2.75) is 13.8 Å². The number of nitrogens with one attached hydrogen (secondary N) is 1. The highest BCUT2D eigenvalue weighted by atomic mass is 32.1. The maximum Gasteiger partial charge on any atom is 0.276 e. The van der Waals surface area contributed by atoms with Gasteiger partial charge in [0.15, 0.2) is 0 Å². The van der Waals surface area contributed by atoms with E-state index in [4.69, 9.17) is 4.42 Å². The summed E-state index contributed by atoms with van der Waals surface area (Å²) in [6, 6.07) is 0. The Kier molecular flexibility index (Phi) is 2.75. The van der Waals surface area contributed by atoms with Crippen LogP contribution in [0.5, 0.6) is 0 Å². The van der Waals surface area contributed by atoms with Crippen LogP contribution >= 0.6 is 11.3 Å². The number of thiazole rings is 1. The zero-order valence-electron chi connectivity index (χ0n) is 10.3. The Morgan fingerprint density at radius 2 is 2.16 bits per heavy atom. The van der Waals surface area contributed by atoms with E-state index in [0.717, 1.165) is 16.7 Å². The number of fused-ring (bicyclic) bond motifs is 1. The summed E-state index contributed by atoms with van der Waals surface area (Å²) >= 11 is 1.37. The summed E-state index contributed by atoms with van der Waals surface area (Å²) in [5.74, 6) is 0.913. The van der Waals surface area contributed by atoms with Gasteiger partial charge in [0.05, 0.1) is 10.9 Å². The Bertz CT molecular complexity index is 749. The van der Waals surface area contributed by atoms with Crippen LogP contribution in [0.2, 0.25) is 0 Å². The Morgan fingerprint density at radius 3 is 2.89 bits per heavy atom. The summed E-state index contributed by atoms with van der Waals surface area (Å²) in [4.78, 5) is 24.1. The molecule has 1 amide bonds. The molecule has 7 heteroatoms. The highest BCUT2D eigenvalue weighted by Gasteiger charge is 2.16. The Morgan fingerprint density at radius 1 is 1.32 bits per heavy atom. The quantitative estimate of drug-likeness (QED) is 0.776. The van der Waals surface area contributed by atoms with E-state index >= 15 is 0 Å². The molecule has 6 nitrogen and oxygen atoms in total. The lowest BCUT2D eigenvalue weighted by Crippen LogP contribution is -2.13. The van der Waals surface area contributed by atoms with Gasteiger partial charge in [-0.1, -0.05) is 0 Å². The third kappa shape index (κ3) is 1.97. The fourth-order valence-corrected chi connectivity index (χ4v) is 2.31. The molecule has 0 aliphatic heterocycles. The molecule has 0 fully saturated rings. The van der Waals surface area contributed by atoms with Gasteiger partial charge in [-0.2, -0.15) is 0 Å². The van der Waals surface area contributed by atoms with Crippen LogP contribution in [0.3, 0.4) is 0 Å². The van der Waals surface area contributed by atoms with Crippen LogP contribution in [0.15, 0.2) is 21.6 Å². The first kappa shape index (κ1) is 11.8. The SMILES string of the molecule is Cc1oc2ncnc(NC(=O)c3cscn3)c2c1C. The van der Waals surface area contributed by atoms with Crippen molar-refractivity contribution in [2.75, 3.05) is 5.32 Å². The van der Waals surface area contributed by atoms with Crippen LogP contribution in [0.4, 0.5) is 5.82 Å². The molecule has 3 aromatic heterocycles. The number of furan rings is 1. The Balaban J connectivity index is 2.04. The zero-order chi connectivity index (χ0) is 13.4. The van der Waals surface area contributed by atoms with Crippen LogP contribution in [-0.4, -0.2) is 20.9 Å². The van der Waals surface area contributed by atoms with Crippen LogP contribution in [-0.2, 0) is 0 Å². The molecule has 0 aliphatic rings. The summed E-state index contributed by atoms with van der Waals surface area (Å²) in [5, 5.41) is 5.14. The largest absolute Gasteiger partial charge is 0.443 e. The molecular weight excluding hydrogens is 264 g/mol. The molecule has 96 valence electrons. The van der Waals surface area contributed by atoms with Gasteiger partial charge in [-0.3, -0.25) is 4.79 Å². The van der Waals surface area contributed by atoms with Crippen molar-refractivity contribution in [3.8, 4) is 0 Å². The predicted molar refractivity (Wildman–Crippen MR) is 71.3 cm³/mol. The molecule has 3 aromatic rings. The smallest absolute Gasteiger partial charge is 0.276 e. The molecule has 0 aliphatic carbocycles. The second kappa shape index (κ2) is 4.43. The normalized spacial score (nSPS) is 10.8. The number of aryl methyl sites for hydroxylation is 2. The number of hydrogen-bond donors (Lipinski definition) is 1. The van der Waals surface area contributed by atoms with Gasteiger partial charge in [0.1, 0.15) is 23.6 Å². The van der Waals surface area contributed by atoms with Gasteiger partial charge in [0, 0.05) is 10.9 Å². The van der Waals surface area contributed by atoms with Crippen molar-refractivity contribution in [1.82, 2.24) is 15.0 Å². The number of hydrogen-bond acceptors (Lipinski definition) is 6. The third-order valence-corrected chi connectivity index (χ3v) is 3.45. The first-order chi connectivity index (χ1) is 9.16. The van der Waals surface area contributed by atoms with Crippen molar-refractivity contribution >= 4 is 34.2 Å². The van der Waals surface area contributed by atoms with Crippen LogP contribution in [0.1, 0.15) is 21.8 Å². The monoisotopic (exact) mass is 274 g/mol. The van der Waals surface area contributed by atoms with E-state index in [2.05, 4.69) is 20.3 Å². The van der Waals surface area contributed by atoms with Crippen LogP contribution in [0, 0.1) is 13.8 Å². The minimum atomic E-state index is -0.292. The van der Waals surface area contributed by atoms with Crippen molar-refractivity contribution < 1.29 is 9.21 Å². The average Bonchev–Trinajstić information content (AvgIpc) is 3.00. The van der Waals surface area contributed by atoms with Gasteiger partial charge in [0.25, 0.3) is 5.91 Å². The highest BCUT2D eigenvalue weighted by molar-refractivity contribution is 7.07. The van der Waals surface area contributed by atoms with E-state index in [0.29, 0.717) is 17.2 Å². The van der Waals surface area contributed by atoms with E-state index in [1.165, 1.54) is 17.7 Å². The second-order valence-electron chi connectivity index (χ2n) is 4.01. The zero-order valence-corrected chi connectivity index (χ0v) is 11.1. The molecule has 0 spiro atoms. The number of anilines is 1. The van der Waals surface area contributed by atoms with Crippen LogP contribution < -0.4 is 5.32 Å². The Labute approximate surface area is 112 Å². The minimum Gasteiger partial charge on any atom is -0.443 e. The molecule has 19 heavy (non-hydrogen) atoms. The number of carbonyl (C=O) groups is 1. The van der Waals surface area contributed by atoms with E-state index in [1.807, 2.05) is 13.8 Å². The van der Waals surface area contributed by atoms with Crippen LogP contribution in [0.25, 0.3) is 11.1 Å². The average molecular weight is 274 g/mol. The van der Waals surface area contributed by atoms with E-state index in [9.17, 15) is 4.79 Å². The predicted octanol–water partition coefficient (Wildman–Crippen LogP) is 2.55. The molecular formula is C12H10N4O2S. The van der Waals surface area contributed by atoms with Gasteiger partial charge >= 0.3 is 0 Å². The fourth-order valence-electron chi connectivity index (χ4n) is 1.77. The van der Waals surface area contributed by atoms with E-state index < -0.39 is 0 Å². The van der Waals surface area contributed by atoms with Gasteiger partial charge in [-0.05, 0) is 13.8 Å². The first-order valence-electron chi connectivity index (χ1n) is 5.57. The van der Waals surface area contributed by atoms with Gasteiger partial charge in [-0.25, -0.2) is 15.0 Å². The molecule has 0 atom stereocenters. The van der Waals surface area contributed by atoms with Crippen molar-refractivity contribution in [1.29, 1.82) is 0 Å². The first-order valence-corrected chi connectivity index (χ1v) is 6.51. The lowest BCUT2D eigenvalue weighted by molar-refractivity contribution is 0.102. The molecule has 3 heterocycles. The van der Waals surface area contributed by atoms with Gasteiger partial charge in [0.2, 0.25) is 5.71 Å². The number of rotatable bonds is 2. The molecule has 0 saturated heterocycles. The summed E-state index contributed by atoms with van der Waals surface area (Å²) in [7, 11) is 0. The van der Waals surface area contributed by atoms with E-state index in [-0.39, 0.29) is 5.91 Å². The highest BCUT2D eigenvalue weighted by Crippen LogP contribution is 2.28. The molecule has 3 rings (SSSR count). The third-order valence-electron chi connectivity index (χ3n) is 2.86. The van der Waals surface area contributed by atoms with Gasteiger partial charge < -0.3 is 9.73 Å². The maximum absolute atomic E-state index is 12.0. The summed E-state index contributed by atoms with van der Waals surface area (Å²) < 4.78 is 5.50. The number of amides is 1. The van der Waals surface area contributed by atoms with Crippen molar-refractivity contribution in [3.63, 3.8) is 0 Å².